The normalized spacial score (nSPS) is 10.8. The highest BCUT2D eigenvalue weighted by atomic mass is 16.2. The lowest BCUT2D eigenvalue weighted by Gasteiger charge is -2.16. The highest BCUT2D eigenvalue weighted by Crippen LogP contribution is 2.19. The number of hydrogen-bond donors (Lipinski definition) is 2. The smallest absolute Gasteiger partial charge is 0.336 e. The summed E-state index contributed by atoms with van der Waals surface area (Å²) in [7, 11) is 1.56. The van der Waals surface area contributed by atoms with Gasteiger partial charge in [-0.3, -0.25) is 19.0 Å². The van der Waals surface area contributed by atoms with Crippen molar-refractivity contribution < 1.29 is 9.59 Å². The topological polar surface area (TPSA) is 102 Å². The molecular formula is C27H26N4O4. The molecule has 1 heterocycles. The molecule has 0 fully saturated rings. The monoisotopic (exact) mass is 470 g/mol. The Labute approximate surface area is 201 Å². The predicted octanol–water partition coefficient (Wildman–Crippen LogP) is 2.70. The fourth-order valence-corrected chi connectivity index (χ4v) is 4.07. The number of carbonyl (C=O) groups excluding carboxylic acids is 2. The number of fused-ring (bicyclic) bond motifs is 1. The van der Waals surface area contributed by atoms with E-state index < -0.39 is 11.2 Å². The van der Waals surface area contributed by atoms with Crippen LogP contribution >= 0.6 is 0 Å². The molecular weight excluding hydrogens is 444 g/mol. The van der Waals surface area contributed by atoms with Crippen molar-refractivity contribution in [3.8, 4) is 5.69 Å². The van der Waals surface area contributed by atoms with E-state index in [-0.39, 0.29) is 24.8 Å². The van der Waals surface area contributed by atoms with E-state index in [0.29, 0.717) is 22.3 Å². The van der Waals surface area contributed by atoms with E-state index in [0.717, 1.165) is 21.3 Å². The van der Waals surface area contributed by atoms with Crippen LogP contribution in [-0.2, 0) is 22.6 Å². The Morgan fingerprint density at radius 2 is 1.49 bits per heavy atom. The minimum Gasteiger partial charge on any atom is -0.359 e. The number of carbonyl (C=O) groups is 2. The first-order valence-electron chi connectivity index (χ1n) is 11.2. The summed E-state index contributed by atoms with van der Waals surface area (Å²) in [5.74, 6) is -0.515. The fraction of sp³-hybridized carbons (Fsp3) is 0.185. The van der Waals surface area contributed by atoms with Gasteiger partial charge in [-0.1, -0.05) is 42.5 Å². The van der Waals surface area contributed by atoms with Crippen LogP contribution in [0.2, 0.25) is 0 Å². The molecule has 0 spiro atoms. The Bertz CT molecular complexity index is 1530. The summed E-state index contributed by atoms with van der Waals surface area (Å²) in [6.07, 6.45) is 0.187. The summed E-state index contributed by atoms with van der Waals surface area (Å²) in [5.41, 5.74) is 2.92. The molecule has 2 N–H and O–H groups in total. The van der Waals surface area contributed by atoms with Crippen LogP contribution < -0.4 is 21.9 Å². The van der Waals surface area contributed by atoms with Gasteiger partial charge in [0.25, 0.3) is 5.56 Å². The second-order valence-electron chi connectivity index (χ2n) is 8.36. The molecule has 0 aliphatic rings. The highest BCUT2D eigenvalue weighted by Gasteiger charge is 2.17. The first-order valence-corrected chi connectivity index (χ1v) is 11.2. The molecule has 0 bridgehead atoms. The van der Waals surface area contributed by atoms with Gasteiger partial charge in [-0.25, -0.2) is 9.36 Å². The standard InChI is InChI=1S/C27H26N4O4/c1-17-7-6-8-18(2)25(17)29-24(33)16-30-22-10-5-4-9-21(22)26(34)31(27(30)35)20-13-11-19(12-14-20)15-23(32)28-3/h4-14H,15-16H2,1-3H3,(H,28,32)(H,29,33). The average Bonchev–Trinajstić information content (AvgIpc) is 2.85. The predicted molar refractivity (Wildman–Crippen MR) is 136 cm³/mol. The van der Waals surface area contributed by atoms with Gasteiger partial charge in [0.15, 0.2) is 0 Å². The van der Waals surface area contributed by atoms with Crippen LogP contribution in [0.3, 0.4) is 0 Å². The lowest BCUT2D eigenvalue weighted by Crippen LogP contribution is -2.40. The number of para-hydroxylation sites is 2. The quantitative estimate of drug-likeness (QED) is 0.452. The Balaban J connectivity index is 1.77. The summed E-state index contributed by atoms with van der Waals surface area (Å²) < 4.78 is 2.36. The van der Waals surface area contributed by atoms with Crippen molar-refractivity contribution in [2.45, 2.75) is 26.8 Å². The van der Waals surface area contributed by atoms with Gasteiger partial charge < -0.3 is 10.6 Å². The largest absolute Gasteiger partial charge is 0.359 e. The van der Waals surface area contributed by atoms with Crippen LogP contribution in [-0.4, -0.2) is 28.0 Å². The van der Waals surface area contributed by atoms with Crippen LogP contribution in [0.15, 0.2) is 76.3 Å². The summed E-state index contributed by atoms with van der Waals surface area (Å²) >= 11 is 0. The summed E-state index contributed by atoms with van der Waals surface area (Å²) in [5, 5.41) is 5.78. The lowest BCUT2D eigenvalue weighted by atomic mass is 10.1. The SMILES string of the molecule is CNC(=O)Cc1ccc(-n2c(=O)c3ccccc3n(CC(=O)Nc3c(C)cccc3C)c2=O)cc1. The molecule has 2 amide bonds. The van der Waals surface area contributed by atoms with Gasteiger partial charge in [0, 0.05) is 12.7 Å². The molecule has 4 rings (SSSR count). The number of benzene rings is 3. The molecule has 35 heavy (non-hydrogen) atoms. The molecule has 0 aliphatic heterocycles. The fourth-order valence-electron chi connectivity index (χ4n) is 4.07. The zero-order valence-corrected chi connectivity index (χ0v) is 19.8. The molecule has 0 saturated carbocycles. The second kappa shape index (κ2) is 9.80. The summed E-state index contributed by atoms with van der Waals surface area (Å²) in [6, 6.07) is 19.1. The van der Waals surface area contributed by atoms with Gasteiger partial charge in [-0.2, -0.15) is 0 Å². The number of hydrogen-bond acceptors (Lipinski definition) is 4. The van der Waals surface area contributed by atoms with E-state index in [1.165, 1.54) is 4.57 Å². The first-order chi connectivity index (χ1) is 16.8. The van der Waals surface area contributed by atoms with Gasteiger partial charge in [0.05, 0.1) is 23.0 Å². The molecule has 8 nitrogen and oxygen atoms in total. The molecule has 0 radical (unpaired) electrons. The zero-order valence-electron chi connectivity index (χ0n) is 19.8. The summed E-state index contributed by atoms with van der Waals surface area (Å²) in [6.45, 7) is 3.54. The molecule has 0 unspecified atom stereocenters. The maximum Gasteiger partial charge on any atom is 0.336 e. The van der Waals surface area contributed by atoms with Crippen LogP contribution in [0.4, 0.5) is 5.69 Å². The van der Waals surface area contributed by atoms with Gasteiger partial charge in [-0.15, -0.1) is 0 Å². The maximum absolute atomic E-state index is 13.5. The number of amides is 2. The van der Waals surface area contributed by atoms with Gasteiger partial charge in [-0.05, 0) is 54.8 Å². The van der Waals surface area contributed by atoms with Gasteiger partial charge >= 0.3 is 5.69 Å². The average molecular weight is 471 g/mol. The van der Waals surface area contributed by atoms with E-state index in [2.05, 4.69) is 10.6 Å². The number of likely N-dealkylation sites (N-methyl/N-ethyl adjacent to an activating group) is 1. The number of anilines is 1. The van der Waals surface area contributed by atoms with Crippen LogP contribution in [0.25, 0.3) is 16.6 Å². The molecule has 0 atom stereocenters. The molecule has 3 aromatic carbocycles. The minimum absolute atomic E-state index is 0.141. The Morgan fingerprint density at radius 1 is 0.829 bits per heavy atom. The van der Waals surface area contributed by atoms with Crippen molar-refractivity contribution in [3.05, 3.63) is 104 Å². The molecule has 8 heteroatoms. The number of aromatic nitrogens is 2. The van der Waals surface area contributed by atoms with Crippen LogP contribution in [0, 0.1) is 13.8 Å². The third-order valence-corrected chi connectivity index (χ3v) is 5.94. The minimum atomic E-state index is -0.621. The highest BCUT2D eigenvalue weighted by molar-refractivity contribution is 5.93. The van der Waals surface area contributed by atoms with Crippen LogP contribution in [0.5, 0.6) is 0 Å². The number of aryl methyl sites for hydroxylation is 2. The number of nitrogens with zero attached hydrogens (tertiary/aromatic N) is 2. The van der Waals surface area contributed by atoms with Crippen molar-refractivity contribution in [1.29, 1.82) is 0 Å². The van der Waals surface area contributed by atoms with Gasteiger partial charge in [0.2, 0.25) is 11.8 Å². The van der Waals surface area contributed by atoms with Crippen molar-refractivity contribution in [3.63, 3.8) is 0 Å². The van der Waals surface area contributed by atoms with Crippen molar-refractivity contribution in [2.75, 3.05) is 12.4 Å². The zero-order chi connectivity index (χ0) is 25.1. The molecule has 1 aromatic heterocycles. The lowest BCUT2D eigenvalue weighted by molar-refractivity contribution is -0.120. The van der Waals surface area contributed by atoms with E-state index in [9.17, 15) is 19.2 Å². The first kappa shape index (κ1) is 23.7. The molecule has 4 aromatic rings. The Kier molecular flexibility index (Phi) is 6.64. The van der Waals surface area contributed by atoms with Crippen molar-refractivity contribution in [2.24, 2.45) is 0 Å². The van der Waals surface area contributed by atoms with E-state index >= 15 is 0 Å². The Hall–Kier alpha value is -4.46. The molecule has 0 aliphatic carbocycles. The van der Waals surface area contributed by atoms with E-state index in [1.807, 2.05) is 32.0 Å². The van der Waals surface area contributed by atoms with Crippen LogP contribution in [0.1, 0.15) is 16.7 Å². The van der Waals surface area contributed by atoms with Gasteiger partial charge in [0.1, 0.15) is 6.54 Å². The third-order valence-electron chi connectivity index (χ3n) is 5.94. The van der Waals surface area contributed by atoms with E-state index in [1.54, 1.807) is 55.6 Å². The second-order valence-corrected chi connectivity index (χ2v) is 8.36. The Morgan fingerprint density at radius 3 is 2.14 bits per heavy atom. The van der Waals surface area contributed by atoms with Crippen molar-refractivity contribution >= 4 is 28.4 Å². The maximum atomic E-state index is 13.5. The molecule has 0 saturated heterocycles. The van der Waals surface area contributed by atoms with E-state index in [4.69, 9.17) is 0 Å². The molecule has 178 valence electrons. The van der Waals surface area contributed by atoms with Crippen molar-refractivity contribution in [1.82, 2.24) is 14.5 Å². The summed E-state index contributed by atoms with van der Waals surface area (Å²) in [4.78, 5) is 51.4. The third kappa shape index (κ3) is 4.77. The number of rotatable bonds is 6. The number of nitrogens with one attached hydrogen (secondary N) is 2.